The molecule has 1 unspecified atom stereocenters. The second-order valence-corrected chi connectivity index (χ2v) is 5.74. The molecule has 0 bridgehead atoms. The first kappa shape index (κ1) is 21.6. The highest BCUT2D eigenvalue weighted by Gasteiger charge is 2.13. The maximum Gasteiger partial charge on any atom is 0.330 e. The molecule has 0 aliphatic heterocycles. The van der Waals surface area contributed by atoms with Gasteiger partial charge in [-0.3, -0.25) is 4.79 Å². The van der Waals surface area contributed by atoms with E-state index in [1.54, 1.807) is 12.2 Å². The van der Waals surface area contributed by atoms with Gasteiger partial charge in [0, 0.05) is 12.5 Å². The molecule has 0 amide bonds. The van der Waals surface area contributed by atoms with Crippen molar-refractivity contribution < 1.29 is 19.4 Å². The molecule has 1 atom stereocenters. The zero-order chi connectivity index (χ0) is 17.3. The van der Waals surface area contributed by atoms with Crippen molar-refractivity contribution in [3.8, 4) is 0 Å². The van der Waals surface area contributed by atoms with Crippen LogP contribution in [0.25, 0.3) is 0 Å². The predicted molar refractivity (Wildman–Crippen MR) is 93.2 cm³/mol. The number of Topliss-reactive ketones (excluding diaryl/α,β-unsaturated/α-hetero) is 1. The van der Waals surface area contributed by atoms with Crippen LogP contribution in [-0.4, -0.2) is 30.1 Å². The highest BCUT2D eigenvalue weighted by Crippen LogP contribution is 2.11. The molecule has 0 saturated heterocycles. The number of hydrogen-bond donors (Lipinski definition) is 1. The molecule has 0 aromatic heterocycles. The molecule has 0 spiro atoms. The summed E-state index contributed by atoms with van der Waals surface area (Å²) in [6.45, 7) is 2.19. The summed E-state index contributed by atoms with van der Waals surface area (Å²) >= 11 is 0. The van der Waals surface area contributed by atoms with Gasteiger partial charge in [0.15, 0.2) is 5.78 Å². The molecule has 0 aromatic rings. The van der Waals surface area contributed by atoms with E-state index < -0.39 is 6.10 Å². The zero-order valence-electron chi connectivity index (χ0n) is 14.6. The number of esters is 1. The number of unbranched alkanes of at least 4 members (excludes halogenated alkanes) is 6. The molecule has 4 heteroatoms. The molecule has 4 nitrogen and oxygen atoms in total. The van der Waals surface area contributed by atoms with Crippen molar-refractivity contribution in [2.24, 2.45) is 0 Å². The first-order chi connectivity index (χ1) is 11.1. The third-order valence-corrected chi connectivity index (χ3v) is 3.68. The van der Waals surface area contributed by atoms with Gasteiger partial charge in [0.2, 0.25) is 0 Å². The van der Waals surface area contributed by atoms with Gasteiger partial charge in [-0.2, -0.15) is 0 Å². The molecule has 1 N–H and O–H groups in total. The Labute approximate surface area is 140 Å². The van der Waals surface area contributed by atoms with Gasteiger partial charge >= 0.3 is 5.97 Å². The second-order valence-electron chi connectivity index (χ2n) is 5.74. The lowest BCUT2D eigenvalue weighted by Gasteiger charge is -2.08. The third-order valence-electron chi connectivity index (χ3n) is 3.68. The van der Waals surface area contributed by atoms with Crippen LogP contribution in [0.3, 0.4) is 0 Å². The van der Waals surface area contributed by atoms with Gasteiger partial charge in [-0.05, 0) is 19.3 Å². The van der Waals surface area contributed by atoms with Crippen molar-refractivity contribution >= 4 is 11.8 Å². The third kappa shape index (κ3) is 13.9. The van der Waals surface area contributed by atoms with E-state index in [1.165, 1.54) is 38.9 Å². The highest BCUT2D eigenvalue weighted by atomic mass is 16.5. The maximum atomic E-state index is 11.8. The van der Waals surface area contributed by atoms with Crippen LogP contribution in [0.1, 0.15) is 71.1 Å². The highest BCUT2D eigenvalue weighted by molar-refractivity contribution is 5.82. The molecule has 0 saturated carbocycles. The summed E-state index contributed by atoms with van der Waals surface area (Å²) in [4.78, 5) is 22.6. The van der Waals surface area contributed by atoms with Crippen LogP contribution < -0.4 is 0 Å². The number of aliphatic hydroxyl groups is 1. The first-order valence-corrected chi connectivity index (χ1v) is 8.73. The number of ether oxygens (including phenoxy) is 1. The van der Waals surface area contributed by atoms with Gasteiger partial charge in [-0.25, -0.2) is 4.79 Å². The molecular weight excluding hydrogens is 292 g/mol. The van der Waals surface area contributed by atoms with Gasteiger partial charge in [-0.15, -0.1) is 0 Å². The second kappa shape index (κ2) is 15.5. The van der Waals surface area contributed by atoms with Gasteiger partial charge in [-0.1, -0.05) is 63.7 Å². The Morgan fingerprint density at radius 1 is 1.04 bits per heavy atom. The van der Waals surface area contributed by atoms with Crippen molar-refractivity contribution in [3.05, 3.63) is 24.3 Å². The number of methoxy groups -OCH3 is 1. The Bertz CT molecular complexity index is 372. The van der Waals surface area contributed by atoms with Crippen LogP contribution in [0.2, 0.25) is 0 Å². The molecule has 0 aromatic carbocycles. The van der Waals surface area contributed by atoms with E-state index in [9.17, 15) is 14.7 Å². The Balaban J connectivity index is 3.62. The fourth-order valence-corrected chi connectivity index (χ4v) is 2.22. The van der Waals surface area contributed by atoms with Crippen LogP contribution in [0.5, 0.6) is 0 Å². The van der Waals surface area contributed by atoms with E-state index in [0.717, 1.165) is 25.7 Å². The largest absolute Gasteiger partial charge is 0.466 e. The molecule has 132 valence electrons. The molecule has 0 fully saturated rings. The standard InChI is InChI=1S/C19H32O4/c1-3-4-5-6-8-11-14-17(20)18(21)15-12-9-7-10-13-16-19(22)23-2/h7,10,13,16-17,20H,3-6,8-9,11-12,14-15H2,1-2H3. The summed E-state index contributed by atoms with van der Waals surface area (Å²) < 4.78 is 4.46. The SMILES string of the molecule is CCCCCCCCC(O)C(=O)CCCC=CC=CC(=O)OC. The quantitative estimate of drug-likeness (QED) is 0.226. The van der Waals surface area contributed by atoms with Gasteiger partial charge in [0.25, 0.3) is 0 Å². The molecule has 0 aliphatic carbocycles. The summed E-state index contributed by atoms with van der Waals surface area (Å²) in [6.07, 6.45) is 15.2. The number of carbonyl (C=O) groups excluding carboxylic acids is 2. The number of rotatable bonds is 14. The molecule has 23 heavy (non-hydrogen) atoms. The molecule has 0 heterocycles. The summed E-state index contributed by atoms with van der Waals surface area (Å²) in [5.41, 5.74) is 0. The Kier molecular flexibility index (Phi) is 14.5. The van der Waals surface area contributed by atoms with E-state index in [4.69, 9.17) is 0 Å². The van der Waals surface area contributed by atoms with E-state index >= 15 is 0 Å². The van der Waals surface area contributed by atoms with Crippen molar-refractivity contribution in [2.45, 2.75) is 77.2 Å². The van der Waals surface area contributed by atoms with E-state index in [0.29, 0.717) is 12.8 Å². The van der Waals surface area contributed by atoms with E-state index in [1.807, 2.05) is 6.08 Å². The minimum atomic E-state index is -0.802. The van der Waals surface area contributed by atoms with Crippen molar-refractivity contribution in [1.82, 2.24) is 0 Å². The van der Waals surface area contributed by atoms with Crippen LogP contribution in [-0.2, 0) is 14.3 Å². The van der Waals surface area contributed by atoms with Crippen LogP contribution in [0.4, 0.5) is 0 Å². The smallest absolute Gasteiger partial charge is 0.330 e. The molecule has 0 radical (unpaired) electrons. The fraction of sp³-hybridized carbons (Fsp3) is 0.684. The number of allylic oxidation sites excluding steroid dienone is 3. The normalized spacial score (nSPS) is 12.8. The monoisotopic (exact) mass is 324 g/mol. The fourth-order valence-electron chi connectivity index (χ4n) is 2.22. The summed E-state index contributed by atoms with van der Waals surface area (Å²) in [5.74, 6) is -0.445. The average Bonchev–Trinajstić information content (AvgIpc) is 2.56. The predicted octanol–water partition coefficient (Wildman–Crippen LogP) is 4.12. The maximum absolute atomic E-state index is 11.8. The summed E-state index contributed by atoms with van der Waals surface area (Å²) in [7, 11) is 1.33. The van der Waals surface area contributed by atoms with Gasteiger partial charge in [0.1, 0.15) is 6.10 Å². The van der Waals surface area contributed by atoms with Gasteiger partial charge < -0.3 is 9.84 Å². The number of aliphatic hydroxyl groups excluding tert-OH is 1. The minimum Gasteiger partial charge on any atom is -0.466 e. The number of ketones is 1. The summed E-state index contributed by atoms with van der Waals surface area (Å²) in [6, 6.07) is 0. The summed E-state index contributed by atoms with van der Waals surface area (Å²) in [5, 5.41) is 9.82. The van der Waals surface area contributed by atoms with Crippen molar-refractivity contribution in [1.29, 1.82) is 0 Å². The number of hydrogen-bond acceptors (Lipinski definition) is 4. The lowest BCUT2D eigenvalue weighted by atomic mass is 10.0. The molecule has 0 aliphatic rings. The number of carbonyl (C=O) groups is 2. The van der Waals surface area contributed by atoms with E-state index in [2.05, 4.69) is 11.7 Å². The average molecular weight is 324 g/mol. The molecule has 0 rings (SSSR count). The van der Waals surface area contributed by atoms with Crippen LogP contribution in [0.15, 0.2) is 24.3 Å². The molecular formula is C19H32O4. The van der Waals surface area contributed by atoms with Crippen molar-refractivity contribution in [3.63, 3.8) is 0 Å². The van der Waals surface area contributed by atoms with Crippen molar-refractivity contribution in [2.75, 3.05) is 7.11 Å². The topological polar surface area (TPSA) is 63.6 Å². The van der Waals surface area contributed by atoms with Crippen LogP contribution >= 0.6 is 0 Å². The zero-order valence-corrected chi connectivity index (χ0v) is 14.6. The van der Waals surface area contributed by atoms with Crippen LogP contribution in [0, 0.1) is 0 Å². The first-order valence-electron chi connectivity index (χ1n) is 8.73. The Hall–Kier alpha value is -1.42. The lowest BCUT2D eigenvalue weighted by molar-refractivity contribution is -0.134. The Morgan fingerprint density at radius 2 is 1.74 bits per heavy atom. The Morgan fingerprint density at radius 3 is 2.43 bits per heavy atom. The lowest BCUT2D eigenvalue weighted by Crippen LogP contribution is -2.19. The van der Waals surface area contributed by atoms with E-state index in [-0.39, 0.29) is 11.8 Å². The van der Waals surface area contributed by atoms with Gasteiger partial charge in [0.05, 0.1) is 7.11 Å². The minimum absolute atomic E-state index is 0.0583.